The third kappa shape index (κ3) is 3.27. The first-order valence-corrected chi connectivity index (χ1v) is 7.20. The number of ether oxygens (including phenoxy) is 1. The number of hydrogen-bond donors (Lipinski definition) is 0. The summed E-state index contributed by atoms with van der Waals surface area (Å²) in [7, 11) is 1.46. The molecule has 2 aromatic heterocycles. The Morgan fingerprint density at radius 3 is 2.40 bits per heavy atom. The van der Waals surface area contributed by atoms with Crippen LogP contribution in [0, 0.1) is 11.6 Å². The number of nitrogens with zero attached hydrogens (tertiary/aromatic N) is 4. The normalized spacial score (nSPS) is 11.2. The van der Waals surface area contributed by atoms with Crippen LogP contribution in [0.3, 0.4) is 0 Å². The number of rotatable bonds is 4. The predicted octanol–water partition coefficient (Wildman–Crippen LogP) is 4.08. The van der Waals surface area contributed by atoms with Crippen molar-refractivity contribution >= 4 is 11.6 Å². The van der Waals surface area contributed by atoms with Crippen LogP contribution in [-0.4, -0.2) is 26.4 Å². The standard InChI is InChI=1S/C15H9ClF4N4O/c1-24-13(7-5-11(25-15(19)20)21-6-8(7)16)22-23-14(24)12-9(17)3-2-4-10(12)18/h2-6,15H,1H3. The first-order chi connectivity index (χ1) is 11.9. The molecular weight excluding hydrogens is 364 g/mol. The highest BCUT2D eigenvalue weighted by atomic mass is 35.5. The minimum Gasteiger partial charge on any atom is -0.417 e. The lowest BCUT2D eigenvalue weighted by atomic mass is 10.2. The second-order valence-corrected chi connectivity index (χ2v) is 5.29. The zero-order chi connectivity index (χ0) is 18.1. The molecule has 0 spiro atoms. The Hall–Kier alpha value is -2.68. The molecule has 0 aliphatic heterocycles. The smallest absolute Gasteiger partial charge is 0.388 e. The monoisotopic (exact) mass is 372 g/mol. The van der Waals surface area contributed by atoms with E-state index in [1.807, 2.05) is 0 Å². The maximum atomic E-state index is 14.0. The molecule has 5 nitrogen and oxygen atoms in total. The van der Waals surface area contributed by atoms with Gasteiger partial charge in [-0.25, -0.2) is 13.8 Å². The number of alkyl halides is 2. The lowest BCUT2D eigenvalue weighted by Crippen LogP contribution is -2.04. The molecule has 2 heterocycles. The van der Waals surface area contributed by atoms with Crippen molar-refractivity contribution in [1.29, 1.82) is 0 Å². The van der Waals surface area contributed by atoms with Gasteiger partial charge in [0.2, 0.25) is 5.88 Å². The van der Waals surface area contributed by atoms with Crippen molar-refractivity contribution in [3.05, 3.63) is 47.1 Å². The van der Waals surface area contributed by atoms with Crippen molar-refractivity contribution in [1.82, 2.24) is 19.7 Å². The average molecular weight is 373 g/mol. The van der Waals surface area contributed by atoms with E-state index in [9.17, 15) is 17.6 Å². The average Bonchev–Trinajstić information content (AvgIpc) is 2.90. The van der Waals surface area contributed by atoms with Crippen LogP contribution in [0.5, 0.6) is 5.88 Å². The Morgan fingerprint density at radius 2 is 1.76 bits per heavy atom. The van der Waals surface area contributed by atoms with E-state index in [1.165, 1.54) is 17.7 Å². The van der Waals surface area contributed by atoms with Crippen LogP contribution in [-0.2, 0) is 7.05 Å². The first-order valence-electron chi connectivity index (χ1n) is 6.83. The Balaban J connectivity index is 2.11. The lowest BCUT2D eigenvalue weighted by molar-refractivity contribution is -0.0528. The van der Waals surface area contributed by atoms with Gasteiger partial charge < -0.3 is 9.30 Å². The van der Waals surface area contributed by atoms with Crippen LogP contribution in [0.4, 0.5) is 17.6 Å². The van der Waals surface area contributed by atoms with E-state index in [0.29, 0.717) is 0 Å². The topological polar surface area (TPSA) is 52.8 Å². The third-order valence-corrected chi connectivity index (χ3v) is 3.64. The summed E-state index contributed by atoms with van der Waals surface area (Å²) in [6.45, 7) is -3.07. The Kier molecular flexibility index (Phi) is 4.58. The van der Waals surface area contributed by atoms with Crippen molar-refractivity contribution in [3.8, 4) is 28.7 Å². The van der Waals surface area contributed by atoms with Gasteiger partial charge in [0.15, 0.2) is 11.6 Å². The maximum absolute atomic E-state index is 14.0. The van der Waals surface area contributed by atoms with Crippen LogP contribution in [0.25, 0.3) is 22.8 Å². The van der Waals surface area contributed by atoms with Crippen molar-refractivity contribution in [3.63, 3.8) is 0 Å². The van der Waals surface area contributed by atoms with Gasteiger partial charge in [0.25, 0.3) is 0 Å². The predicted molar refractivity (Wildman–Crippen MR) is 81.2 cm³/mol. The van der Waals surface area contributed by atoms with Gasteiger partial charge in [-0.3, -0.25) is 0 Å². The molecule has 0 bridgehead atoms. The van der Waals surface area contributed by atoms with Crippen LogP contribution in [0.2, 0.25) is 5.02 Å². The number of hydrogen-bond acceptors (Lipinski definition) is 4. The van der Waals surface area contributed by atoms with Crippen LogP contribution in [0.1, 0.15) is 0 Å². The minimum atomic E-state index is -3.07. The zero-order valence-corrected chi connectivity index (χ0v) is 13.3. The molecule has 0 atom stereocenters. The van der Waals surface area contributed by atoms with Gasteiger partial charge in [0.1, 0.15) is 11.6 Å². The lowest BCUT2D eigenvalue weighted by Gasteiger charge is -2.09. The number of aromatic nitrogens is 4. The molecule has 3 aromatic rings. The molecule has 0 aliphatic carbocycles. The van der Waals surface area contributed by atoms with Gasteiger partial charge in [-0.2, -0.15) is 8.78 Å². The SMILES string of the molecule is Cn1c(-c2cc(OC(F)F)ncc2Cl)nnc1-c1c(F)cccc1F. The number of pyridine rings is 1. The van der Waals surface area contributed by atoms with E-state index in [4.69, 9.17) is 11.6 Å². The Morgan fingerprint density at radius 1 is 1.12 bits per heavy atom. The van der Waals surface area contributed by atoms with E-state index in [0.717, 1.165) is 24.4 Å². The molecule has 3 rings (SSSR count). The van der Waals surface area contributed by atoms with E-state index >= 15 is 0 Å². The first kappa shape index (κ1) is 17.2. The summed E-state index contributed by atoms with van der Waals surface area (Å²) in [4.78, 5) is 3.62. The number of benzene rings is 1. The fourth-order valence-corrected chi connectivity index (χ4v) is 2.43. The van der Waals surface area contributed by atoms with Crippen LogP contribution < -0.4 is 4.74 Å². The van der Waals surface area contributed by atoms with E-state index in [2.05, 4.69) is 19.9 Å². The molecule has 130 valence electrons. The summed E-state index contributed by atoms with van der Waals surface area (Å²) in [5.41, 5.74) is -0.191. The minimum absolute atomic E-state index is 0.0812. The van der Waals surface area contributed by atoms with Gasteiger partial charge in [-0.1, -0.05) is 17.7 Å². The van der Waals surface area contributed by atoms with Crippen molar-refractivity contribution in [2.24, 2.45) is 7.05 Å². The third-order valence-electron chi connectivity index (χ3n) is 3.34. The molecule has 0 saturated heterocycles. The van der Waals surface area contributed by atoms with Gasteiger partial charge in [-0.05, 0) is 12.1 Å². The summed E-state index contributed by atoms with van der Waals surface area (Å²) in [5.74, 6) is -2.00. The van der Waals surface area contributed by atoms with Crippen molar-refractivity contribution in [2.75, 3.05) is 0 Å². The molecule has 10 heteroatoms. The van der Waals surface area contributed by atoms with Gasteiger partial charge in [0, 0.05) is 18.7 Å². The maximum Gasteiger partial charge on any atom is 0.388 e. The molecule has 0 amide bonds. The van der Waals surface area contributed by atoms with Crippen LogP contribution >= 0.6 is 11.6 Å². The quantitative estimate of drug-likeness (QED) is 0.648. The Labute approximate surface area is 143 Å². The molecule has 1 aromatic carbocycles. The highest BCUT2D eigenvalue weighted by Crippen LogP contribution is 2.32. The molecule has 0 fully saturated rings. The Bertz CT molecular complexity index is 912. The molecule has 0 aliphatic rings. The number of halogens is 5. The van der Waals surface area contributed by atoms with Crippen LogP contribution in [0.15, 0.2) is 30.5 Å². The molecular formula is C15H9ClF4N4O. The molecule has 0 radical (unpaired) electrons. The second kappa shape index (κ2) is 6.67. The summed E-state index contributed by atoms with van der Waals surface area (Å²) in [5, 5.41) is 7.71. The van der Waals surface area contributed by atoms with Gasteiger partial charge in [0.05, 0.1) is 16.8 Å². The molecule has 0 unspecified atom stereocenters. The van der Waals surface area contributed by atoms with Gasteiger partial charge >= 0.3 is 6.61 Å². The molecule has 0 saturated carbocycles. The summed E-state index contributed by atoms with van der Waals surface area (Å²) < 4.78 is 58.1. The van der Waals surface area contributed by atoms with E-state index in [-0.39, 0.29) is 33.7 Å². The fourth-order valence-electron chi connectivity index (χ4n) is 2.24. The summed E-state index contributed by atoms with van der Waals surface area (Å²) in [6, 6.07) is 4.53. The largest absolute Gasteiger partial charge is 0.417 e. The van der Waals surface area contributed by atoms with Gasteiger partial charge in [-0.15, -0.1) is 10.2 Å². The van der Waals surface area contributed by atoms with Crippen molar-refractivity contribution in [2.45, 2.75) is 6.61 Å². The van der Waals surface area contributed by atoms with Crippen molar-refractivity contribution < 1.29 is 22.3 Å². The summed E-state index contributed by atoms with van der Waals surface area (Å²) >= 11 is 6.02. The second-order valence-electron chi connectivity index (χ2n) is 4.88. The fraction of sp³-hybridized carbons (Fsp3) is 0.133. The van der Waals surface area contributed by atoms with E-state index in [1.54, 1.807) is 0 Å². The summed E-state index contributed by atoms with van der Waals surface area (Å²) in [6.07, 6.45) is 1.10. The highest BCUT2D eigenvalue weighted by Gasteiger charge is 2.21. The van der Waals surface area contributed by atoms with E-state index < -0.39 is 18.2 Å². The zero-order valence-electron chi connectivity index (χ0n) is 12.6. The molecule has 25 heavy (non-hydrogen) atoms. The highest BCUT2D eigenvalue weighted by molar-refractivity contribution is 6.33. The molecule has 0 N–H and O–H groups in total.